The van der Waals surface area contributed by atoms with E-state index in [0.29, 0.717) is 12.2 Å². The standard InChI is InChI=1S/C12H16N4OS/c1-9-11(16-8-15-9)7-18-5-4-14-12-6-10(17)2-3-13-12/h3,6,8,14H,2,4-5,7H2,1H3,(H,15,16). The van der Waals surface area contributed by atoms with Crippen LogP contribution in [0.25, 0.3) is 0 Å². The number of ketones is 1. The second kappa shape index (κ2) is 6.39. The van der Waals surface area contributed by atoms with Gasteiger partial charge in [0.25, 0.3) is 0 Å². The van der Waals surface area contributed by atoms with E-state index in [-0.39, 0.29) is 5.78 Å². The van der Waals surface area contributed by atoms with Crippen molar-refractivity contribution in [3.05, 3.63) is 29.6 Å². The first-order chi connectivity index (χ1) is 8.75. The lowest BCUT2D eigenvalue weighted by Crippen LogP contribution is -2.18. The number of nitrogens with zero attached hydrogens (tertiary/aromatic N) is 2. The quantitative estimate of drug-likeness (QED) is 0.762. The molecule has 0 saturated carbocycles. The van der Waals surface area contributed by atoms with E-state index in [1.54, 1.807) is 30.4 Å². The van der Waals surface area contributed by atoms with Crippen LogP contribution in [0.5, 0.6) is 0 Å². The molecule has 2 rings (SSSR count). The summed E-state index contributed by atoms with van der Waals surface area (Å²) in [6.45, 7) is 2.82. The molecule has 0 unspecified atom stereocenters. The highest BCUT2D eigenvalue weighted by molar-refractivity contribution is 7.98. The average Bonchev–Trinajstić information content (AvgIpc) is 2.75. The van der Waals surface area contributed by atoms with Gasteiger partial charge in [0, 0.05) is 42.5 Å². The number of H-pyrrole nitrogens is 1. The Bertz CT molecular complexity index is 478. The number of hydrogen-bond donors (Lipinski definition) is 2. The zero-order valence-electron chi connectivity index (χ0n) is 10.3. The number of carbonyl (C=O) groups excluding carboxylic acids is 1. The summed E-state index contributed by atoms with van der Waals surface area (Å²) < 4.78 is 0. The highest BCUT2D eigenvalue weighted by Crippen LogP contribution is 2.11. The molecule has 96 valence electrons. The number of carbonyl (C=O) groups is 1. The average molecular weight is 264 g/mol. The van der Waals surface area contributed by atoms with Gasteiger partial charge in [-0.05, 0) is 6.92 Å². The van der Waals surface area contributed by atoms with Crippen LogP contribution in [0, 0.1) is 6.92 Å². The molecule has 0 saturated heterocycles. The van der Waals surface area contributed by atoms with Gasteiger partial charge in [0.2, 0.25) is 0 Å². The van der Waals surface area contributed by atoms with Gasteiger partial charge in [0.1, 0.15) is 5.82 Å². The number of rotatable bonds is 6. The van der Waals surface area contributed by atoms with Gasteiger partial charge in [0.15, 0.2) is 5.78 Å². The summed E-state index contributed by atoms with van der Waals surface area (Å²) >= 11 is 1.81. The molecule has 0 radical (unpaired) electrons. The fourth-order valence-corrected chi connectivity index (χ4v) is 2.41. The fourth-order valence-electron chi connectivity index (χ4n) is 1.53. The van der Waals surface area contributed by atoms with Crippen LogP contribution in [0.2, 0.25) is 0 Å². The summed E-state index contributed by atoms with van der Waals surface area (Å²) in [5.41, 5.74) is 2.23. The number of aromatic nitrogens is 2. The van der Waals surface area contributed by atoms with Crippen molar-refractivity contribution in [1.82, 2.24) is 15.3 Å². The molecule has 0 aliphatic carbocycles. The van der Waals surface area contributed by atoms with Crippen molar-refractivity contribution in [3.63, 3.8) is 0 Å². The minimum atomic E-state index is 0.104. The number of aryl methyl sites for hydroxylation is 1. The van der Waals surface area contributed by atoms with Gasteiger partial charge in [0.05, 0.1) is 12.0 Å². The van der Waals surface area contributed by atoms with Crippen molar-refractivity contribution < 1.29 is 4.79 Å². The maximum Gasteiger partial charge on any atom is 0.164 e. The molecule has 0 spiro atoms. The molecule has 18 heavy (non-hydrogen) atoms. The maximum atomic E-state index is 11.1. The maximum absolute atomic E-state index is 11.1. The second-order valence-corrected chi connectivity index (χ2v) is 5.07. The molecular formula is C12H16N4OS. The Hall–Kier alpha value is -1.56. The molecule has 1 aromatic heterocycles. The summed E-state index contributed by atoms with van der Waals surface area (Å²) in [5.74, 6) is 2.63. The predicted octanol–water partition coefficient (Wildman–Crippen LogP) is 1.43. The third-order valence-electron chi connectivity index (χ3n) is 2.55. The second-order valence-electron chi connectivity index (χ2n) is 3.97. The zero-order chi connectivity index (χ0) is 12.8. The molecule has 2 N–H and O–H groups in total. The molecule has 0 atom stereocenters. The third-order valence-corrected chi connectivity index (χ3v) is 3.52. The lowest BCUT2D eigenvalue weighted by Gasteiger charge is -2.08. The predicted molar refractivity (Wildman–Crippen MR) is 73.7 cm³/mol. The minimum absolute atomic E-state index is 0.104. The van der Waals surface area contributed by atoms with Crippen LogP contribution in [0.1, 0.15) is 17.8 Å². The first-order valence-corrected chi connectivity index (χ1v) is 6.98. The van der Waals surface area contributed by atoms with Gasteiger partial charge < -0.3 is 10.3 Å². The van der Waals surface area contributed by atoms with Gasteiger partial charge in [-0.15, -0.1) is 0 Å². The number of hydrogen-bond acceptors (Lipinski definition) is 5. The molecule has 0 bridgehead atoms. The SMILES string of the molecule is Cc1[nH]cnc1CSCCNC1=CC(=O)CC=N1. The number of thioether (sulfide) groups is 1. The zero-order valence-corrected chi connectivity index (χ0v) is 11.1. The number of nitrogens with one attached hydrogen (secondary N) is 2. The lowest BCUT2D eigenvalue weighted by atomic mass is 10.2. The summed E-state index contributed by atoms with van der Waals surface area (Å²) in [6.07, 6.45) is 5.34. The van der Waals surface area contributed by atoms with Crippen LogP contribution < -0.4 is 5.32 Å². The van der Waals surface area contributed by atoms with Crippen LogP contribution in [0.15, 0.2) is 23.2 Å². The Morgan fingerprint density at radius 3 is 3.17 bits per heavy atom. The van der Waals surface area contributed by atoms with Gasteiger partial charge in [-0.3, -0.25) is 4.79 Å². The van der Waals surface area contributed by atoms with E-state index in [1.807, 2.05) is 6.92 Å². The van der Waals surface area contributed by atoms with Gasteiger partial charge in [-0.2, -0.15) is 11.8 Å². The Balaban J connectivity index is 1.63. The normalized spacial score (nSPS) is 14.7. The Morgan fingerprint density at radius 1 is 1.56 bits per heavy atom. The van der Waals surface area contributed by atoms with E-state index in [9.17, 15) is 4.79 Å². The van der Waals surface area contributed by atoms with Crippen molar-refractivity contribution in [2.24, 2.45) is 4.99 Å². The Morgan fingerprint density at radius 2 is 2.44 bits per heavy atom. The van der Waals surface area contributed by atoms with Gasteiger partial charge >= 0.3 is 0 Å². The summed E-state index contributed by atoms with van der Waals surface area (Å²) in [5, 5.41) is 3.14. The van der Waals surface area contributed by atoms with Gasteiger partial charge in [-0.1, -0.05) is 0 Å². The summed E-state index contributed by atoms with van der Waals surface area (Å²) in [7, 11) is 0. The first kappa shape index (κ1) is 12.9. The van der Waals surface area contributed by atoms with E-state index in [1.165, 1.54) is 0 Å². The van der Waals surface area contributed by atoms with Crippen molar-refractivity contribution in [1.29, 1.82) is 0 Å². The molecule has 2 heterocycles. The van der Waals surface area contributed by atoms with Crippen LogP contribution in [-0.4, -0.2) is 34.3 Å². The van der Waals surface area contributed by atoms with Crippen molar-refractivity contribution in [2.45, 2.75) is 19.1 Å². The highest BCUT2D eigenvalue weighted by Gasteiger charge is 2.05. The summed E-state index contributed by atoms with van der Waals surface area (Å²) in [4.78, 5) is 22.5. The number of allylic oxidation sites excluding steroid dienone is 1. The van der Waals surface area contributed by atoms with Crippen molar-refractivity contribution >= 4 is 23.8 Å². The van der Waals surface area contributed by atoms with E-state index in [0.717, 1.165) is 29.4 Å². The number of aromatic amines is 1. The molecule has 6 heteroatoms. The van der Waals surface area contributed by atoms with E-state index >= 15 is 0 Å². The molecule has 0 fully saturated rings. The molecule has 1 aliphatic rings. The number of aliphatic imine (C=N–C) groups is 1. The molecule has 0 amide bonds. The van der Waals surface area contributed by atoms with E-state index in [2.05, 4.69) is 20.3 Å². The molecule has 1 aliphatic heterocycles. The lowest BCUT2D eigenvalue weighted by molar-refractivity contribution is -0.113. The first-order valence-electron chi connectivity index (χ1n) is 5.83. The Labute approximate surface area is 110 Å². The van der Waals surface area contributed by atoms with Crippen molar-refractivity contribution in [2.75, 3.05) is 12.3 Å². The number of imidazole rings is 1. The monoisotopic (exact) mass is 264 g/mol. The van der Waals surface area contributed by atoms with E-state index in [4.69, 9.17) is 0 Å². The fraction of sp³-hybridized carbons (Fsp3) is 0.417. The van der Waals surface area contributed by atoms with Crippen LogP contribution in [0.4, 0.5) is 0 Å². The minimum Gasteiger partial charge on any atom is -0.369 e. The van der Waals surface area contributed by atoms with Gasteiger partial charge in [-0.25, -0.2) is 9.98 Å². The van der Waals surface area contributed by atoms with Crippen LogP contribution in [-0.2, 0) is 10.5 Å². The van der Waals surface area contributed by atoms with Crippen molar-refractivity contribution in [3.8, 4) is 0 Å². The van der Waals surface area contributed by atoms with Crippen LogP contribution in [0.3, 0.4) is 0 Å². The third kappa shape index (κ3) is 3.73. The van der Waals surface area contributed by atoms with E-state index < -0.39 is 0 Å². The topological polar surface area (TPSA) is 70.1 Å². The molecule has 0 aromatic carbocycles. The largest absolute Gasteiger partial charge is 0.369 e. The molecule has 5 nitrogen and oxygen atoms in total. The molecule has 1 aromatic rings. The summed E-state index contributed by atoms with van der Waals surface area (Å²) in [6, 6.07) is 0. The smallest absolute Gasteiger partial charge is 0.164 e. The Kier molecular flexibility index (Phi) is 4.58. The van der Waals surface area contributed by atoms with Crippen LogP contribution >= 0.6 is 11.8 Å². The molecular weight excluding hydrogens is 248 g/mol. The highest BCUT2D eigenvalue weighted by atomic mass is 32.2.